The second-order valence-electron chi connectivity index (χ2n) is 16.2. The van der Waals surface area contributed by atoms with Crippen molar-refractivity contribution in [2.24, 2.45) is 0 Å². The summed E-state index contributed by atoms with van der Waals surface area (Å²) in [6, 6.07) is 74.4. The van der Waals surface area contributed by atoms with E-state index < -0.39 is 0 Å². The van der Waals surface area contributed by atoms with Crippen LogP contribution in [-0.2, 0) is 5.41 Å². The van der Waals surface area contributed by atoms with Crippen LogP contribution in [0.15, 0.2) is 206 Å². The van der Waals surface area contributed by atoms with Gasteiger partial charge in [0.25, 0.3) is 0 Å². The molecule has 0 fully saturated rings. The van der Waals surface area contributed by atoms with Crippen LogP contribution in [0, 0.1) is 0 Å². The largest absolute Gasteiger partial charge is 0.228 e. The van der Waals surface area contributed by atoms with Crippen LogP contribution in [0.25, 0.3) is 100.0 Å². The van der Waals surface area contributed by atoms with Crippen molar-refractivity contribution in [3.8, 4) is 78.4 Å². The van der Waals surface area contributed by atoms with Crippen molar-refractivity contribution in [3.63, 3.8) is 0 Å². The van der Waals surface area contributed by atoms with Crippen molar-refractivity contribution in [1.29, 1.82) is 0 Å². The Morgan fingerprint density at radius 1 is 0.305 bits per heavy atom. The average molecular weight is 753 g/mol. The molecule has 0 atom stereocenters. The molecule has 9 aromatic carbocycles. The van der Waals surface area contributed by atoms with Gasteiger partial charge in [-0.25, -0.2) is 9.97 Å². The van der Waals surface area contributed by atoms with Crippen LogP contribution in [-0.4, -0.2) is 9.97 Å². The van der Waals surface area contributed by atoms with E-state index in [1.54, 1.807) is 0 Å². The van der Waals surface area contributed by atoms with E-state index in [1.807, 2.05) is 0 Å². The molecule has 0 aliphatic heterocycles. The minimum Gasteiger partial charge on any atom is -0.228 e. The Hall–Kier alpha value is -7.42. The summed E-state index contributed by atoms with van der Waals surface area (Å²) in [5.41, 5.74) is 17.3. The number of hydrogen-bond donors (Lipinski definition) is 0. The molecule has 0 saturated heterocycles. The van der Waals surface area contributed by atoms with Crippen molar-refractivity contribution < 1.29 is 0 Å². The Morgan fingerprint density at radius 2 is 0.831 bits per heavy atom. The number of nitrogens with zero attached hydrogens (tertiary/aromatic N) is 2. The first-order valence-electron chi connectivity index (χ1n) is 20.4. The van der Waals surface area contributed by atoms with Crippen molar-refractivity contribution in [2.45, 2.75) is 19.3 Å². The van der Waals surface area contributed by atoms with Crippen molar-refractivity contribution >= 4 is 21.5 Å². The van der Waals surface area contributed by atoms with Gasteiger partial charge in [0.15, 0.2) is 5.82 Å². The lowest BCUT2D eigenvalue weighted by Gasteiger charge is -2.22. The Morgan fingerprint density at radius 3 is 1.47 bits per heavy atom. The molecule has 59 heavy (non-hydrogen) atoms. The molecule has 0 N–H and O–H groups in total. The maximum Gasteiger partial charge on any atom is 0.160 e. The summed E-state index contributed by atoms with van der Waals surface area (Å²) in [5.74, 6) is 0.697. The quantitative estimate of drug-likeness (QED) is 0.169. The second kappa shape index (κ2) is 13.9. The number of hydrogen-bond acceptors (Lipinski definition) is 2. The highest BCUT2D eigenvalue weighted by Gasteiger charge is 2.37. The molecule has 11 rings (SSSR count). The van der Waals surface area contributed by atoms with Crippen LogP contribution in [0.4, 0.5) is 0 Å². The van der Waals surface area contributed by atoms with Gasteiger partial charge in [0.05, 0.1) is 11.4 Å². The molecular formula is C57H40N2. The summed E-state index contributed by atoms with van der Waals surface area (Å²) in [5, 5.41) is 4.89. The Labute approximate surface area is 345 Å². The highest BCUT2D eigenvalue weighted by atomic mass is 14.9. The number of benzene rings is 9. The summed E-state index contributed by atoms with van der Waals surface area (Å²) in [4.78, 5) is 10.6. The fraction of sp³-hybridized carbons (Fsp3) is 0.0526. The third-order valence-corrected chi connectivity index (χ3v) is 12.2. The fourth-order valence-electron chi connectivity index (χ4n) is 9.12. The molecule has 0 radical (unpaired) electrons. The van der Waals surface area contributed by atoms with Crippen molar-refractivity contribution in [3.05, 3.63) is 217 Å². The van der Waals surface area contributed by atoms with Gasteiger partial charge < -0.3 is 0 Å². The summed E-state index contributed by atoms with van der Waals surface area (Å²) >= 11 is 0. The average Bonchev–Trinajstić information content (AvgIpc) is 3.53. The van der Waals surface area contributed by atoms with Gasteiger partial charge in [0.1, 0.15) is 0 Å². The van der Waals surface area contributed by atoms with E-state index in [4.69, 9.17) is 9.97 Å². The van der Waals surface area contributed by atoms with Crippen LogP contribution >= 0.6 is 0 Å². The zero-order chi connectivity index (χ0) is 39.5. The Balaban J connectivity index is 1.05. The van der Waals surface area contributed by atoms with E-state index in [0.29, 0.717) is 5.82 Å². The monoisotopic (exact) mass is 752 g/mol. The fourth-order valence-corrected chi connectivity index (χ4v) is 9.12. The first kappa shape index (κ1) is 34.8. The number of rotatable bonds is 6. The molecule has 278 valence electrons. The van der Waals surface area contributed by atoms with Crippen LogP contribution in [0.5, 0.6) is 0 Å². The van der Waals surface area contributed by atoms with Gasteiger partial charge in [-0.15, -0.1) is 0 Å². The SMILES string of the molecule is CC1(C)c2cc3ccccc3cc2-c2c(-c3ccc4ccc(-c5nc(-c6cccc(-c7ccccc7)c6)cc(-c6cccc(-c7ccccc7)c6)n5)cc4c3)cccc21. The molecule has 1 aliphatic carbocycles. The predicted octanol–water partition coefficient (Wildman–Crippen LogP) is 15.1. The summed E-state index contributed by atoms with van der Waals surface area (Å²) in [6.45, 7) is 4.72. The van der Waals surface area contributed by atoms with Crippen LogP contribution in [0.3, 0.4) is 0 Å². The topological polar surface area (TPSA) is 25.8 Å². The molecule has 0 spiro atoms. The Kier molecular flexibility index (Phi) is 8.20. The molecule has 0 bridgehead atoms. The first-order chi connectivity index (χ1) is 29.0. The highest BCUT2D eigenvalue weighted by molar-refractivity contribution is 6.00. The third-order valence-electron chi connectivity index (χ3n) is 12.2. The van der Waals surface area contributed by atoms with E-state index >= 15 is 0 Å². The smallest absolute Gasteiger partial charge is 0.160 e. The van der Waals surface area contributed by atoms with Gasteiger partial charge >= 0.3 is 0 Å². The maximum atomic E-state index is 5.30. The lowest BCUT2D eigenvalue weighted by atomic mass is 9.81. The highest BCUT2D eigenvalue weighted by Crippen LogP contribution is 2.53. The zero-order valence-corrected chi connectivity index (χ0v) is 33.0. The molecule has 1 aliphatic rings. The molecule has 0 amide bonds. The standard InChI is InChI=1S/C57H40N2/c1-57(2)51-25-13-24-49(55(51)50-34-42-18-9-10-19-43(42)35-52(50)57)44-28-26-39-27-29-47(33-48(39)32-44)56-58-53(45-22-11-20-40(30-45)37-14-5-3-6-15-37)36-54(59-56)46-23-12-21-41(31-46)38-16-7-4-8-17-38/h3-36H,1-2H3. The van der Waals surface area contributed by atoms with Crippen molar-refractivity contribution in [1.82, 2.24) is 9.97 Å². The van der Waals surface area contributed by atoms with Crippen LogP contribution in [0.1, 0.15) is 25.0 Å². The molecule has 2 heteroatoms. The van der Waals surface area contributed by atoms with Gasteiger partial charge in [-0.3, -0.25) is 0 Å². The zero-order valence-electron chi connectivity index (χ0n) is 33.0. The van der Waals surface area contributed by atoms with Gasteiger partial charge in [-0.1, -0.05) is 178 Å². The Bertz CT molecular complexity index is 3130. The lowest BCUT2D eigenvalue weighted by molar-refractivity contribution is 0.661. The molecule has 2 nitrogen and oxygen atoms in total. The summed E-state index contributed by atoms with van der Waals surface area (Å²) < 4.78 is 0. The second-order valence-corrected chi connectivity index (χ2v) is 16.2. The van der Waals surface area contributed by atoms with Gasteiger partial charge in [-0.2, -0.15) is 0 Å². The summed E-state index contributed by atoms with van der Waals surface area (Å²) in [7, 11) is 0. The normalized spacial score (nSPS) is 12.7. The molecular weight excluding hydrogens is 713 g/mol. The van der Waals surface area contributed by atoms with Crippen molar-refractivity contribution in [2.75, 3.05) is 0 Å². The minimum atomic E-state index is -0.101. The maximum absolute atomic E-state index is 5.30. The minimum absolute atomic E-state index is 0.101. The van der Waals surface area contributed by atoms with Crippen LogP contribution < -0.4 is 0 Å². The van der Waals surface area contributed by atoms with E-state index in [1.165, 1.54) is 60.7 Å². The third kappa shape index (κ3) is 6.13. The molecule has 1 heterocycles. The molecule has 1 aromatic heterocycles. The van der Waals surface area contributed by atoms with E-state index in [2.05, 4.69) is 220 Å². The number of aromatic nitrogens is 2. The van der Waals surface area contributed by atoms with E-state index in [-0.39, 0.29) is 5.41 Å². The van der Waals surface area contributed by atoms with Gasteiger partial charge in [0, 0.05) is 22.1 Å². The predicted molar refractivity (Wildman–Crippen MR) is 247 cm³/mol. The molecule has 10 aromatic rings. The van der Waals surface area contributed by atoms with E-state index in [0.717, 1.165) is 44.6 Å². The van der Waals surface area contributed by atoms with E-state index in [9.17, 15) is 0 Å². The van der Waals surface area contributed by atoms with Crippen LogP contribution in [0.2, 0.25) is 0 Å². The lowest BCUT2D eigenvalue weighted by Crippen LogP contribution is -2.14. The summed E-state index contributed by atoms with van der Waals surface area (Å²) in [6.07, 6.45) is 0. The van der Waals surface area contributed by atoms with Gasteiger partial charge in [0.2, 0.25) is 0 Å². The van der Waals surface area contributed by atoms with Gasteiger partial charge in [-0.05, 0) is 120 Å². The number of fused-ring (bicyclic) bond motifs is 5. The molecule has 0 saturated carbocycles. The first-order valence-corrected chi connectivity index (χ1v) is 20.4. The molecule has 0 unspecified atom stereocenters.